The number of hydrogen-bond donors (Lipinski definition) is 1. The third-order valence-corrected chi connectivity index (χ3v) is 8.33. The first-order chi connectivity index (χ1) is 17.7. The van der Waals surface area contributed by atoms with Gasteiger partial charge in [0.2, 0.25) is 15.9 Å². The first kappa shape index (κ1) is 27.2. The monoisotopic (exact) mass is 526 g/mol. The Morgan fingerprint density at radius 2 is 1.84 bits per heavy atom. The molecule has 0 bridgehead atoms. The van der Waals surface area contributed by atoms with Crippen LogP contribution in [-0.4, -0.2) is 52.2 Å². The molecule has 0 radical (unpaired) electrons. The van der Waals surface area contributed by atoms with E-state index in [9.17, 15) is 13.2 Å². The summed E-state index contributed by atoms with van der Waals surface area (Å²) in [6.45, 7) is 6.55. The number of rotatable bonds is 7. The summed E-state index contributed by atoms with van der Waals surface area (Å²) in [7, 11) is -1.93. The number of fused-ring (bicyclic) bond motifs is 1. The van der Waals surface area contributed by atoms with Gasteiger partial charge < -0.3 is 14.4 Å². The highest BCUT2D eigenvalue weighted by molar-refractivity contribution is 7.89. The van der Waals surface area contributed by atoms with Crippen molar-refractivity contribution in [3.8, 4) is 5.75 Å². The first-order valence-electron chi connectivity index (χ1n) is 13.0. The second-order valence-corrected chi connectivity index (χ2v) is 11.8. The van der Waals surface area contributed by atoms with Crippen LogP contribution in [0.5, 0.6) is 5.75 Å². The van der Waals surface area contributed by atoms with Gasteiger partial charge in [-0.2, -0.15) is 0 Å². The van der Waals surface area contributed by atoms with Crippen LogP contribution in [0, 0.1) is 5.41 Å². The fraction of sp³-hybridized carbons (Fsp3) is 0.483. The summed E-state index contributed by atoms with van der Waals surface area (Å²) >= 11 is 0. The van der Waals surface area contributed by atoms with Gasteiger partial charge >= 0.3 is 0 Å². The maximum Gasteiger partial charge on any atom is 0.240 e. The van der Waals surface area contributed by atoms with Crippen LogP contribution in [0.3, 0.4) is 0 Å². The van der Waals surface area contributed by atoms with Crippen molar-refractivity contribution >= 4 is 21.5 Å². The standard InChI is InChI=1S/C29H38N2O5S/c1-5-29(6-2,28(32)30-37(4,33)34)20-31-16-14-21(15-17-31)27-24-13-12-23(35-3)18-22(24)19-36-26-11-9-7-8-10-25(26)27/h8-13,18H,5-7,14-17,19-20H2,1-4H3,(H,30,32). The zero-order valence-electron chi connectivity index (χ0n) is 22.3. The van der Waals surface area contributed by atoms with Gasteiger partial charge in [0.1, 0.15) is 18.1 Å². The Kier molecular flexibility index (Phi) is 8.29. The molecular formula is C29H38N2O5S. The third-order valence-electron chi connectivity index (χ3n) is 7.78. The average molecular weight is 527 g/mol. The van der Waals surface area contributed by atoms with Gasteiger partial charge in [-0.3, -0.25) is 9.52 Å². The van der Waals surface area contributed by atoms with Crippen molar-refractivity contribution in [2.24, 2.45) is 5.41 Å². The van der Waals surface area contributed by atoms with Crippen molar-refractivity contribution in [2.45, 2.75) is 52.6 Å². The molecule has 8 heteroatoms. The minimum Gasteiger partial charge on any atom is -0.497 e. The lowest BCUT2D eigenvalue weighted by Gasteiger charge is -2.38. The van der Waals surface area contributed by atoms with Crippen LogP contribution in [0.2, 0.25) is 0 Å². The number of amides is 1. The van der Waals surface area contributed by atoms with Crippen molar-refractivity contribution in [3.05, 3.63) is 70.5 Å². The molecule has 1 fully saturated rings. The Morgan fingerprint density at radius 1 is 1.14 bits per heavy atom. The Morgan fingerprint density at radius 3 is 2.49 bits per heavy atom. The number of methoxy groups -OCH3 is 1. The van der Waals surface area contributed by atoms with Crippen LogP contribution in [0.25, 0.3) is 5.57 Å². The molecule has 0 unspecified atom stereocenters. The number of nitrogens with zero attached hydrogens (tertiary/aromatic N) is 1. The zero-order chi connectivity index (χ0) is 26.6. The molecule has 1 N–H and O–H groups in total. The normalized spacial score (nSPS) is 18.5. The molecule has 1 aromatic carbocycles. The van der Waals surface area contributed by atoms with E-state index < -0.39 is 21.3 Å². The average Bonchev–Trinajstić information content (AvgIpc) is 3.19. The summed E-state index contributed by atoms with van der Waals surface area (Å²) in [4.78, 5) is 15.3. The highest BCUT2D eigenvalue weighted by Gasteiger charge is 2.39. The van der Waals surface area contributed by atoms with E-state index in [1.165, 1.54) is 16.7 Å². The highest BCUT2D eigenvalue weighted by atomic mass is 32.2. The van der Waals surface area contributed by atoms with E-state index in [2.05, 4.69) is 46.1 Å². The van der Waals surface area contributed by atoms with Crippen molar-refractivity contribution in [3.63, 3.8) is 0 Å². The lowest BCUT2D eigenvalue weighted by atomic mass is 9.80. The number of allylic oxidation sites excluding steroid dienone is 6. The minimum atomic E-state index is -3.61. The Balaban J connectivity index is 1.64. The van der Waals surface area contributed by atoms with E-state index in [-0.39, 0.29) is 0 Å². The molecule has 2 heterocycles. The molecule has 0 saturated carbocycles. The van der Waals surface area contributed by atoms with Crippen LogP contribution < -0.4 is 9.46 Å². The maximum atomic E-state index is 13.0. The topological polar surface area (TPSA) is 84.9 Å². The maximum absolute atomic E-state index is 13.0. The highest BCUT2D eigenvalue weighted by Crippen LogP contribution is 2.41. The van der Waals surface area contributed by atoms with Gasteiger partial charge in [0.05, 0.1) is 18.8 Å². The number of benzene rings is 1. The number of ether oxygens (including phenoxy) is 2. The molecule has 7 nitrogen and oxygen atoms in total. The number of likely N-dealkylation sites (tertiary alicyclic amines) is 1. The van der Waals surface area contributed by atoms with Crippen molar-refractivity contribution in [1.82, 2.24) is 9.62 Å². The predicted molar refractivity (Wildman–Crippen MR) is 146 cm³/mol. The van der Waals surface area contributed by atoms with E-state index >= 15 is 0 Å². The summed E-state index contributed by atoms with van der Waals surface area (Å²) in [5.41, 5.74) is 5.27. The molecule has 37 heavy (non-hydrogen) atoms. The Labute approximate surface area is 221 Å². The molecule has 1 aromatic rings. The van der Waals surface area contributed by atoms with Gasteiger partial charge in [0.15, 0.2) is 0 Å². The minimum absolute atomic E-state index is 0.405. The van der Waals surface area contributed by atoms with Crippen LogP contribution >= 0.6 is 0 Å². The fourth-order valence-electron chi connectivity index (χ4n) is 5.49. The number of sulfonamides is 1. The summed E-state index contributed by atoms with van der Waals surface area (Å²) in [6.07, 6.45) is 13.3. The number of piperidine rings is 1. The quantitative estimate of drug-likeness (QED) is 0.553. The molecule has 200 valence electrons. The molecule has 1 aliphatic carbocycles. The summed E-state index contributed by atoms with van der Waals surface area (Å²) in [5, 5.41) is 0. The molecule has 0 aromatic heterocycles. The molecule has 1 amide bonds. The predicted octanol–water partition coefficient (Wildman–Crippen LogP) is 4.73. The van der Waals surface area contributed by atoms with Gasteiger partial charge in [-0.1, -0.05) is 43.7 Å². The molecule has 3 aliphatic rings. The van der Waals surface area contributed by atoms with E-state index in [1.54, 1.807) is 7.11 Å². The van der Waals surface area contributed by atoms with Crippen LogP contribution in [0.4, 0.5) is 0 Å². The SMILES string of the molecule is CCC(CC)(CN1CCC(=C2C3=C(C=CCC=C3)OCc3cc(OC)ccc32)CC1)C(=O)NS(C)(=O)=O. The fourth-order valence-corrected chi connectivity index (χ4v) is 6.04. The van der Waals surface area contributed by atoms with E-state index in [0.29, 0.717) is 26.0 Å². The molecular weight excluding hydrogens is 488 g/mol. The molecule has 2 aliphatic heterocycles. The Hall–Kier alpha value is -2.84. The zero-order valence-corrected chi connectivity index (χ0v) is 23.1. The first-order valence-corrected chi connectivity index (χ1v) is 14.9. The number of carbonyl (C=O) groups is 1. The van der Waals surface area contributed by atoms with Gasteiger partial charge in [-0.25, -0.2) is 8.42 Å². The van der Waals surface area contributed by atoms with Crippen LogP contribution in [0.15, 0.2) is 59.4 Å². The lowest BCUT2D eigenvalue weighted by Crippen LogP contribution is -2.50. The summed E-state index contributed by atoms with van der Waals surface area (Å²) in [6, 6.07) is 6.20. The van der Waals surface area contributed by atoms with E-state index in [4.69, 9.17) is 9.47 Å². The molecule has 4 rings (SSSR count). The molecule has 0 spiro atoms. The lowest BCUT2D eigenvalue weighted by molar-refractivity contribution is -0.131. The van der Waals surface area contributed by atoms with Gasteiger partial charge in [0, 0.05) is 30.8 Å². The van der Waals surface area contributed by atoms with Gasteiger partial charge in [0.25, 0.3) is 0 Å². The van der Waals surface area contributed by atoms with E-state index in [1.807, 2.05) is 19.9 Å². The van der Waals surface area contributed by atoms with Gasteiger partial charge in [-0.15, -0.1) is 0 Å². The second-order valence-electron chi connectivity index (χ2n) is 10.1. The smallest absolute Gasteiger partial charge is 0.240 e. The van der Waals surface area contributed by atoms with E-state index in [0.717, 1.165) is 61.3 Å². The number of nitrogens with one attached hydrogen (secondary N) is 1. The Bertz CT molecular complexity index is 1260. The third kappa shape index (κ3) is 6.02. The molecule has 1 saturated heterocycles. The van der Waals surface area contributed by atoms with Crippen molar-refractivity contribution < 1.29 is 22.7 Å². The van der Waals surface area contributed by atoms with Crippen molar-refractivity contribution in [2.75, 3.05) is 33.0 Å². The van der Waals surface area contributed by atoms with Crippen LogP contribution in [-0.2, 0) is 26.2 Å². The van der Waals surface area contributed by atoms with Crippen LogP contribution in [0.1, 0.15) is 57.1 Å². The second kappa shape index (κ2) is 11.3. The summed E-state index contributed by atoms with van der Waals surface area (Å²) < 4.78 is 37.5. The summed E-state index contributed by atoms with van der Waals surface area (Å²) in [5.74, 6) is 1.30. The van der Waals surface area contributed by atoms with Crippen molar-refractivity contribution in [1.29, 1.82) is 0 Å². The van der Waals surface area contributed by atoms with Gasteiger partial charge in [-0.05, 0) is 61.4 Å². The number of hydrogen-bond acceptors (Lipinski definition) is 6. The molecule has 0 atom stereocenters. The number of carbonyl (C=O) groups excluding carboxylic acids is 1. The largest absolute Gasteiger partial charge is 0.497 e.